The number of hydrogen-bond acceptors (Lipinski definition) is 4. The third kappa shape index (κ3) is 7.84. The Balaban J connectivity index is 0.978. The van der Waals surface area contributed by atoms with E-state index in [0.717, 1.165) is 52.0 Å². The van der Waals surface area contributed by atoms with Gasteiger partial charge in [0.1, 0.15) is 29.9 Å². The van der Waals surface area contributed by atoms with E-state index in [1.54, 1.807) is 0 Å². The maximum Gasteiger partial charge on any atom is 0.154 e. The van der Waals surface area contributed by atoms with E-state index in [4.69, 9.17) is 9.73 Å². The van der Waals surface area contributed by atoms with Gasteiger partial charge in [-0.25, -0.2) is 4.99 Å². The monoisotopic (exact) mass is 846 g/mol. The number of aromatic amines is 1. The van der Waals surface area contributed by atoms with Crippen LogP contribution in [-0.4, -0.2) is 29.4 Å². The minimum Gasteiger partial charge on any atom is -0.489 e. The van der Waals surface area contributed by atoms with Crippen molar-refractivity contribution in [1.82, 2.24) is 15.6 Å². The van der Waals surface area contributed by atoms with Crippen LogP contribution in [0.15, 0.2) is 227 Å². The summed E-state index contributed by atoms with van der Waals surface area (Å²) in [6, 6.07) is 54.5. The van der Waals surface area contributed by atoms with E-state index in [9.17, 15) is 10.8 Å². The molecule has 0 spiro atoms. The van der Waals surface area contributed by atoms with Gasteiger partial charge >= 0.3 is 0 Å². The molecule has 3 heterocycles. The third-order valence-corrected chi connectivity index (χ3v) is 13.6. The summed E-state index contributed by atoms with van der Waals surface area (Å²) < 4.78 is 6.85. The van der Waals surface area contributed by atoms with Crippen LogP contribution in [0.3, 0.4) is 0 Å². The summed E-state index contributed by atoms with van der Waals surface area (Å²) in [6.07, 6.45) is 12.1. The molecule has 7 heteroatoms. The van der Waals surface area contributed by atoms with Crippen LogP contribution in [0.1, 0.15) is 42.4 Å². The minimum atomic E-state index is -0.258. The molecule has 5 aliphatic rings. The first kappa shape index (κ1) is 40.0. The standard InChI is InChI=1S/C58H50N6O/c1-36-50-45-29-27-39(37-17-7-2-8-18-37)28-30-49(45)65-35-44(55(59)63-58-54-52(42-25-15-6-16-26-42)53(54)48(34-62-58)41-23-13-5-14-24-41)32-47(51(36)50)56(60)64-57-46(40-21-11-4-12-22-40)31-43(33-61-57)38-19-9-3-10-20-38/h2-26,28,30-34,36,39,50,54,58,62H,27,29,35H2,1H3,(H2,59,63)(H2,60,61,64)/b44-32+,51-47+/t36-,39?,50?,54?,58?/m0/s1. The summed E-state index contributed by atoms with van der Waals surface area (Å²) in [5, 5.41) is 26.9. The molecule has 318 valence electrons. The second-order valence-electron chi connectivity index (χ2n) is 17.5. The zero-order valence-corrected chi connectivity index (χ0v) is 36.3. The van der Waals surface area contributed by atoms with Crippen molar-refractivity contribution in [3.05, 3.63) is 244 Å². The van der Waals surface area contributed by atoms with Gasteiger partial charge in [-0.1, -0.05) is 165 Å². The molecule has 4 unspecified atom stereocenters. The van der Waals surface area contributed by atoms with Gasteiger partial charge in [0.15, 0.2) is 5.84 Å². The molecule has 0 amide bonds. The molecule has 7 nitrogen and oxygen atoms in total. The van der Waals surface area contributed by atoms with Crippen LogP contribution in [0.25, 0.3) is 33.4 Å². The number of allylic oxidation sites excluding steroid dienone is 5. The fourth-order valence-electron chi connectivity index (χ4n) is 10.2. The van der Waals surface area contributed by atoms with Crippen molar-refractivity contribution in [3.8, 4) is 22.3 Å². The van der Waals surface area contributed by atoms with Gasteiger partial charge in [-0.2, -0.15) is 0 Å². The SMILES string of the molecule is C[C@@H]1/C2=C(C(=N)/N=c3\[nH]cc(-c4ccccc4)cc3-c3ccccc3)/C=C(/C(=N)NC3NC=C(c4ccccc4)C4=C(c5ccccc5)C43)COC3=C(CCC(c4ccccc4)C=C3)C21. The average molecular weight is 847 g/mol. The smallest absolute Gasteiger partial charge is 0.154 e. The van der Waals surface area contributed by atoms with E-state index in [1.807, 2.05) is 54.7 Å². The lowest BCUT2D eigenvalue weighted by Crippen LogP contribution is -2.48. The summed E-state index contributed by atoms with van der Waals surface area (Å²) >= 11 is 0. The van der Waals surface area contributed by atoms with Gasteiger partial charge in [0.05, 0.1) is 0 Å². The number of rotatable bonds is 8. The molecule has 65 heavy (non-hydrogen) atoms. The maximum absolute atomic E-state index is 9.87. The molecule has 2 aliphatic heterocycles. The van der Waals surface area contributed by atoms with Crippen molar-refractivity contribution in [2.24, 2.45) is 22.7 Å². The predicted molar refractivity (Wildman–Crippen MR) is 262 cm³/mol. The number of fused-ring (bicyclic) bond motifs is 3. The lowest BCUT2D eigenvalue weighted by molar-refractivity contribution is 0.250. The molecule has 5 atom stereocenters. The number of amidine groups is 2. The fourth-order valence-corrected chi connectivity index (χ4v) is 10.2. The molecular weight excluding hydrogens is 797 g/mol. The normalized spacial score (nSPS) is 24.2. The number of ether oxygens (including phenoxy) is 1. The van der Waals surface area contributed by atoms with Crippen LogP contribution in [0.4, 0.5) is 0 Å². The highest BCUT2D eigenvalue weighted by molar-refractivity contribution is 6.07. The second-order valence-corrected chi connectivity index (χ2v) is 17.5. The first-order valence-corrected chi connectivity index (χ1v) is 22.7. The molecule has 5 N–H and O–H groups in total. The topological polar surface area (TPSA) is 109 Å². The first-order chi connectivity index (χ1) is 32.0. The molecule has 5 aromatic carbocycles. The molecule has 0 bridgehead atoms. The van der Waals surface area contributed by atoms with Gasteiger partial charge in [-0.3, -0.25) is 10.8 Å². The zero-order valence-electron chi connectivity index (χ0n) is 36.3. The van der Waals surface area contributed by atoms with Crippen LogP contribution in [-0.2, 0) is 4.74 Å². The van der Waals surface area contributed by atoms with E-state index in [2.05, 4.69) is 156 Å². The van der Waals surface area contributed by atoms with Gasteiger partial charge < -0.3 is 20.4 Å². The van der Waals surface area contributed by atoms with E-state index >= 15 is 0 Å². The van der Waals surface area contributed by atoms with Crippen LogP contribution < -0.4 is 16.1 Å². The van der Waals surface area contributed by atoms with Gasteiger partial charge in [0, 0.05) is 52.4 Å². The largest absolute Gasteiger partial charge is 0.489 e. The van der Waals surface area contributed by atoms with Crippen molar-refractivity contribution < 1.29 is 4.74 Å². The summed E-state index contributed by atoms with van der Waals surface area (Å²) in [6.45, 7) is 2.42. The second kappa shape index (κ2) is 17.1. The number of aromatic nitrogens is 1. The van der Waals surface area contributed by atoms with Crippen molar-refractivity contribution in [2.45, 2.75) is 31.8 Å². The number of nitrogens with zero attached hydrogens (tertiary/aromatic N) is 1. The predicted octanol–water partition coefficient (Wildman–Crippen LogP) is 11.8. The zero-order chi connectivity index (χ0) is 43.9. The Morgan fingerprint density at radius 3 is 2.03 bits per heavy atom. The molecular formula is C58H50N6O. The lowest BCUT2D eigenvalue weighted by Gasteiger charge is -2.27. The third-order valence-electron chi connectivity index (χ3n) is 13.6. The van der Waals surface area contributed by atoms with Crippen LogP contribution in [0.2, 0.25) is 0 Å². The number of nitrogens with one attached hydrogen (secondary N) is 5. The Morgan fingerprint density at radius 1 is 0.708 bits per heavy atom. The van der Waals surface area contributed by atoms with E-state index in [0.29, 0.717) is 11.1 Å². The number of benzene rings is 5. The summed E-state index contributed by atoms with van der Waals surface area (Å²) in [7, 11) is 0. The molecule has 11 rings (SSSR count). The van der Waals surface area contributed by atoms with Crippen molar-refractivity contribution in [2.75, 3.05) is 6.61 Å². The Labute approximate surface area is 380 Å². The van der Waals surface area contributed by atoms with Gasteiger partial charge in [0.2, 0.25) is 0 Å². The van der Waals surface area contributed by atoms with Crippen LogP contribution >= 0.6 is 0 Å². The van der Waals surface area contributed by atoms with E-state index < -0.39 is 0 Å². The fraction of sp³-hybridized carbons (Fsp3) is 0.155. The quantitative estimate of drug-likeness (QED) is 0.0777. The molecule has 1 fully saturated rings. The highest BCUT2D eigenvalue weighted by Gasteiger charge is 2.49. The van der Waals surface area contributed by atoms with E-state index in [-0.39, 0.29) is 48.1 Å². The van der Waals surface area contributed by atoms with Crippen molar-refractivity contribution in [1.29, 1.82) is 10.8 Å². The van der Waals surface area contributed by atoms with Gasteiger partial charge in [-0.15, -0.1) is 0 Å². The molecule has 0 saturated heterocycles. The highest BCUT2D eigenvalue weighted by Crippen LogP contribution is 2.57. The summed E-state index contributed by atoms with van der Waals surface area (Å²) in [5.41, 5.74) is 15.9. The highest BCUT2D eigenvalue weighted by atomic mass is 16.5. The number of hydrogen-bond donors (Lipinski definition) is 5. The van der Waals surface area contributed by atoms with Crippen LogP contribution in [0.5, 0.6) is 0 Å². The Morgan fingerprint density at radius 2 is 1.34 bits per heavy atom. The first-order valence-electron chi connectivity index (χ1n) is 22.7. The van der Waals surface area contributed by atoms with Crippen LogP contribution in [0, 0.1) is 28.6 Å². The summed E-state index contributed by atoms with van der Waals surface area (Å²) in [4.78, 5) is 8.62. The maximum atomic E-state index is 9.87. The number of pyridine rings is 1. The Bertz CT molecular complexity index is 3080. The van der Waals surface area contributed by atoms with Crippen molar-refractivity contribution >= 4 is 22.8 Å². The molecule has 3 aliphatic carbocycles. The summed E-state index contributed by atoms with van der Waals surface area (Å²) in [5.74, 6) is 1.89. The minimum absolute atomic E-state index is 0.0644. The van der Waals surface area contributed by atoms with Crippen molar-refractivity contribution in [3.63, 3.8) is 0 Å². The van der Waals surface area contributed by atoms with E-state index in [1.165, 1.54) is 39.0 Å². The average Bonchev–Trinajstić information content (AvgIpc) is 4.28. The lowest BCUT2D eigenvalue weighted by atomic mass is 9.92. The van der Waals surface area contributed by atoms with Gasteiger partial charge in [-0.05, 0) is 92.7 Å². The van der Waals surface area contributed by atoms with Gasteiger partial charge in [0.25, 0.3) is 0 Å². The number of H-pyrrole nitrogens is 1. The molecule has 1 aromatic heterocycles. The Hall–Kier alpha value is -7.77. The molecule has 0 radical (unpaired) electrons. The molecule has 6 aromatic rings. The molecule has 1 saturated carbocycles. The Kier molecular flexibility index (Phi) is 10.5.